The van der Waals surface area contributed by atoms with Crippen LogP contribution in [0.5, 0.6) is 0 Å². The zero-order valence-corrected chi connectivity index (χ0v) is 16.5. The van der Waals surface area contributed by atoms with Gasteiger partial charge in [-0.25, -0.2) is 9.78 Å². The van der Waals surface area contributed by atoms with Gasteiger partial charge in [0, 0.05) is 20.0 Å². The molecule has 1 atom stereocenters. The number of carboxylic acid groups (broad SMARTS) is 1. The second-order valence-electron chi connectivity index (χ2n) is 5.75. The molecule has 0 aliphatic heterocycles. The Labute approximate surface area is 161 Å². The minimum Gasteiger partial charge on any atom is -0.478 e. The molecule has 0 radical (unpaired) electrons. The first-order valence-electron chi connectivity index (χ1n) is 9.15. The van der Waals surface area contributed by atoms with Gasteiger partial charge in [-0.3, -0.25) is 0 Å². The molecule has 0 saturated heterocycles. The van der Waals surface area contributed by atoms with E-state index in [1.165, 1.54) is 5.57 Å². The van der Waals surface area contributed by atoms with Gasteiger partial charge in [-0.15, -0.1) is 0 Å². The Morgan fingerprint density at radius 2 is 2.00 bits per heavy atom. The predicted molar refractivity (Wildman–Crippen MR) is 107 cm³/mol. The van der Waals surface area contributed by atoms with Crippen LogP contribution >= 0.6 is 0 Å². The number of benzene rings is 1. The van der Waals surface area contributed by atoms with E-state index in [2.05, 4.69) is 23.2 Å². The smallest absolute Gasteiger partial charge is 0.335 e. The molecule has 5 heteroatoms. The lowest BCUT2D eigenvalue weighted by Crippen LogP contribution is -1.98. The molecule has 1 aromatic heterocycles. The van der Waals surface area contributed by atoms with E-state index in [-0.39, 0.29) is 0 Å². The number of carboxylic acids is 1. The van der Waals surface area contributed by atoms with E-state index in [1.807, 2.05) is 20.8 Å². The summed E-state index contributed by atoms with van der Waals surface area (Å²) in [5.41, 5.74) is 2.69. The first-order chi connectivity index (χ1) is 13.1. The lowest BCUT2D eigenvalue weighted by atomic mass is 9.99. The van der Waals surface area contributed by atoms with Crippen molar-refractivity contribution < 1.29 is 19.1 Å². The van der Waals surface area contributed by atoms with Gasteiger partial charge in [-0.1, -0.05) is 50.3 Å². The molecule has 1 aromatic carbocycles. The number of methoxy groups -OCH3 is 1. The van der Waals surface area contributed by atoms with Crippen LogP contribution in [0, 0.1) is 6.92 Å². The van der Waals surface area contributed by atoms with Crippen molar-refractivity contribution in [3.63, 3.8) is 0 Å². The quantitative estimate of drug-likeness (QED) is 0.779. The molecule has 1 heterocycles. The molecule has 1 aliphatic rings. The third kappa shape index (κ3) is 8.05. The van der Waals surface area contributed by atoms with Crippen molar-refractivity contribution in [1.82, 2.24) is 4.98 Å². The maximum absolute atomic E-state index is 10.2. The highest BCUT2D eigenvalue weighted by atomic mass is 16.5. The van der Waals surface area contributed by atoms with Crippen molar-refractivity contribution in [2.75, 3.05) is 13.7 Å². The second kappa shape index (κ2) is 12.7. The molecule has 27 heavy (non-hydrogen) atoms. The molecular weight excluding hydrogens is 342 g/mol. The molecule has 3 rings (SSSR count). The number of hydrogen-bond acceptors (Lipinski definition) is 4. The van der Waals surface area contributed by atoms with Crippen LogP contribution in [0.3, 0.4) is 0 Å². The fourth-order valence-electron chi connectivity index (χ4n) is 2.53. The summed E-state index contributed by atoms with van der Waals surface area (Å²) in [4.78, 5) is 14.6. The number of hydrogen-bond donors (Lipinski definition) is 1. The van der Waals surface area contributed by atoms with Crippen molar-refractivity contribution in [2.24, 2.45) is 0 Å². The van der Waals surface area contributed by atoms with Crippen LogP contribution in [0.15, 0.2) is 64.8 Å². The van der Waals surface area contributed by atoms with Crippen LogP contribution in [-0.4, -0.2) is 29.8 Å². The highest BCUT2D eigenvalue weighted by Crippen LogP contribution is 2.26. The predicted octanol–water partition coefficient (Wildman–Crippen LogP) is 5.40. The zero-order valence-electron chi connectivity index (χ0n) is 16.5. The van der Waals surface area contributed by atoms with Crippen molar-refractivity contribution in [2.45, 2.75) is 39.5 Å². The zero-order chi connectivity index (χ0) is 20.1. The SMILES string of the molecule is CC.COCC1=CC=CC(c2coc(C)n2)CC1.O=C(O)c1ccccc1. The summed E-state index contributed by atoms with van der Waals surface area (Å²) in [6.45, 7) is 6.59. The van der Waals surface area contributed by atoms with Crippen LogP contribution in [0.25, 0.3) is 0 Å². The van der Waals surface area contributed by atoms with E-state index in [0.29, 0.717) is 11.5 Å². The van der Waals surface area contributed by atoms with E-state index in [1.54, 1.807) is 43.7 Å². The summed E-state index contributed by atoms with van der Waals surface area (Å²) in [6.07, 6.45) is 10.3. The molecule has 146 valence electrons. The Morgan fingerprint density at radius 3 is 2.52 bits per heavy atom. The highest BCUT2D eigenvalue weighted by molar-refractivity contribution is 5.87. The van der Waals surface area contributed by atoms with Gasteiger partial charge in [0.15, 0.2) is 5.89 Å². The first-order valence-corrected chi connectivity index (χ1v) is 9.15. The Hall–Kier alpha value is -2.66. The largest absolute Gasteiger partial charge is 0.478 e. The molecule has 1 unspecified atom stereocenters. The van der Waals surface area contributed by atoms with E-state index in [9.17, 15) is 4.79 Å². The number of allylic oxidation sites excluding steroid dienone is 3. The summed E-state index contributed by atoms with van der Waals surface area (Å²) in [6, 6.07) is 8.30. The average Bonchev–Trinajstić information content (AvgIpc) is 2.99. The molecule has 0 amide bonds. The first kappa shape index (κ1) is 22.4. The monoisotopic (exact) mass is 371 g/mol. The van der Waals surface area contributed by atoms with Gasteiger partial charge < -0.3 is 14.3 Å². The number of rotatable bonds is 4. The van der Waals surface area contributed by atoms with Crippen molar-refractivity contribution in [1.29, 1.82) is 0 Å². The van der Waals surface area contributed by atoms with E-state index >= 15 is 0 Å². The van der Waals surface area contributed by atoms with Gasteiger partial charge in [0.25, 0.3) is 0 Å². The number of ether oxygens (including phenoxy) is 1. The molecule has 0 bridgehead atoms. The fourth-order valence-corrected chi connectivity index (χ4v) is 2.53. The van der Waals surface area contributed by atoms with Crippen LogP contribution in [0.1, 0.15) is 54.5 Å². The molecule has 1 aliphatic carbocycles. The minimum atomic E-state index is -0.879. The molecule has 2 aromatic rings. The lowest BCUT2D eigenvalue weighted by Gasteiger charge is -2.08. The van der Waals surface area contributed by atoms with Crippen LogP contribution in [-0.2, 0) is 4.74 Å². The van der Waals surface area contributed by atoms with Crippen molar-refractivity contribution in [3.8, 4) is 0 Å². The molecule has 0 spiro atoms. The number of aromatic nitrogens is 1. The Bertz CT molecular complexity index is 732. The summed E-state index contributed by atoms with van der Waals surface area (Å²) in [7, 11) is 1.73. The lowest BCUT2D eigenvalue weighted by molar-refractivity contribution is 0.0697. The van der Waals surface area contributed by atoms with Gasteiger partial charge >= 0.3 is 5.97 Å². The molecule has 0 saturated carbocycles. The third-order valence-corrected chi connectivity index (χ3v) is 3.82. The Balaban J connectivity index is 0.000000282. The third-order valence-electron chi connectivity index (χ3n) is 3.82. The summed E-state index contributed by atoms with van der Waals surface area (Å²) in [5.74, 6) is 0.219. The van der Waals surface area contributed by atoms with Crippen molar-refractivity contribution in [3.05, 3.63) is 77.5 Å². The molecule has 5 nitrogen and oxygen atoms in total. The van der Waals surface area contributed by atoms with Crippen LogP contribution < -0.4 is 0 Å². The standard InChI is InChI=1S/C13H17NO2.C7H6O2.C2H6/c1-10-14-13(9-16-10)12-5-3-4-11(6-7-12)8-15-2;8-7(9)6-4-2-1-3-5-6;1-2/h3-5,9,12H,6-8H2,1-2H3;1-5H,(H,8,9);1-2H3. The highest BCUT2D eigenvalue weighted by Gasteiger charge is 2.14. The maximum atomic E-state index is 10.2. The minimum absolute atomic E-state index is 0.331. The number of carbonyl (C=O) groups is 1. The van der Waals surface area contributed by atoms with Crippen molar-refractivity contribution >= 4 is 5.97 Å². The fraction of sp³-hybridized carbons (Fsp3) is 0.364. The van der Waals surface area contributed by atoms with Crippen LogP contribution in [0.2, 0.25) is 0 Å². The van der Waals surface area contributed by atoms with Crippen LogP contribution in [0.4, 0.5) is 0 Å². The average molecular weight is 371 g/mol. The van der Waals surface area contributed by atoms with E-state index < -0.39 is 5.97 Å². The van der Waals surface area contributed by atoms with Gasteiger partial charge in [-0.05, 0) is 30.5 Å². The summed E-state index contributed by atoms with van der Waals surface area (Å²) in [5, 5.41) is 8.38. The number of nitrogens with zero attached hydrogens (tertiary/aromatic N) is 1. The second-order valence-corrected chi connectivity index (χ2v) is 5.75. The number of aromatic carboxylic acids is 1. The van der Waals surface area contributed by atoms with Gasteiger partial charge in [0.1, 0.15) is 6.26 Å². The number of aryl methyl sites for hydroxylation is 1. The molecule has 1 N–H and O–H groups in total. The van der Waals surface area contributed by atoms with Gasteiger partial charge in [0.05, 0.1) is 17.9 Å². The van der Waals surface area contributed by atoms with Gasteiger partial charge in [0.2, 0.25) is 0 Å². The molecular formula is C22H29NO4. The number of oxazole rings is 1. The van der Waals surface area contributed by atoms with E-state index in [0.717, 1.165) is 31.0 Å². The Morgan fingerprint density at radius 1 is 1.30 bits per heavy atom. The normalized spacial score (nSPS) is 15.4. The molecule has 0 fully saturated rings. The maximum Gasteiger partial charge on any atom is 0.335 e. The Kier molecular flexibility index (Phi) is 10.5. The topological polar surface area (TPSA) is 72.6 Å². The van der Waals surface area contributed by atoms with Gasteiger partial charge in [-0.2, -0.15) is 0 Å². The summed E-state index contributed by atoms with van der Waals surface area (Å²) >= 11 is 0. The van der Waals surface area contributed by atoms with E-state index in [4.69, 9.17) is 14.3 Å². The summed E-state index contributed by atoms with van der Waals surface area (Å²) < 4.78 is 10.4.